The Morgan fingerprint density at radius 3 is 3.00 bits per heavy atom. The standard InChI is InChI=1S/C11H16ClNS/c1-8-3-2-5-11(13,7-8)9-4-6-14-10(9)12/h4,6,8H,2-3,5,7,13H2,1H3. The Morgan fingerprint density at radius 1 is 1.64 bits per heavy atom. The van der Waals surface area contributed by atoms with Crippen LogP contribution < -0.4 is 5.73 Å². The van der Waals surface area contributed by atoms with Gasteiger partial charge in [0, 0.05) is 11.1 Å². The first-order valence-electron chi connectivity index (χ1n) is 5.14. The normalized spacial score (nSPS) is 33.2. The lowest BCUT2D eigenvalue weighted by Gasteiger charge is -2.36. The Bertz CT molecular complexity index is 323. The molecular weight excluding hydrogens is 214 g/mol. The van der Waals surface area contributed by atoms with Crippen molar-refractivity contribution in [2.45, 2.75) is 38.1 Å². The Kier molecular flexibility index (Phi) is 2.87. The average Bonchev–Trinajstić information content (AvgIpc) is 2.51. The molecule has 3 heteroatoms. The Balaban J connectivity index is 2.27. The average molecular weight is 230 g/mol. The highest BCUT2D eigenvalue weighted by Gasteiger charge is 2.34. The van der Waals surface area contributed by atoms with E-state index < -0.39 is 0 Å². The number of halogens is 1. The van der Waals surface area contributed by atoms with E-state index in [1.165, 1.54) is 12.8 Å². The van der Waals surface area contributed by atoms with Crippen molar-refractivity contribution in [3.63, 3.8) is 0 Å². The van der Waals surface area contributed by atoms with Crippen LogP contribution in [0.2, 0.25) is 4.34 Å². The highest BCUT2D eigenvalue weighted by molar-refractivity contribution is 7.14. The molecule has 0 aliphatic heterocycles. The number of rotatable bonds is 1. The third-order valence-electron chi connectivity index (χ3n) is 3.19. The number of hydrogen-bond donors (Lipinski definition) is 1. The molecule has 2 unspecified atom stereocenters. The molecule has 0 saturated heterocycles. The first-order valence-corrected chi connectivity index (χ1v) is 6.40. The summed E-state index contributed by atoms with van der Waals surface area (Å²) in [7, 11) is 0. The van der Waals surface area contributed by atoms with E-state index in [2.05, 4.69) is 13.0 Å². The van der Waals surface area contributed by atoms with E-state index >= 15 is 0 Å². The smallest absolute Gasteiger partial charge is 0.0978 e. The highest BCUT2D eigenvalue weighted by Crippen LogP contribution is 2.42. The second-order valence-electron chi connectivity index (χ2n) is 4.47. The summed E-state index contributed by atoms with van der Waals surface area (Å²) in [5.74, 6) is 0.727. The zero-order valence-corrected chi connectivity index (χ0v) is 10.00. The molecule has 1 nitrogen and oxygen atoms in total. The van der Waals surface area contributed by atoms with Crippen molar-refractivity contribution in [2.75, 3.05) is 0 Å². The van der Waals surface area contributed by atoms with Gasteiger partial charge in [-0.15, -0.1) is 11.3 Å². The van der Waals surface area contributed by atoms with Gasteiger partial charge in [-0.2, -0.15) is 0 Å². The number of nitrogens with two attached hydrogens (primary N) is 1. The van der Waals surface area contributed by atoms with Gasteiger partial charge in [0.25, 0.3) is 0 Å². The van der Waals surface area contributed by atoms with Crippen molar-refractivity contribution in [3.05, 3.63) is 21.3 Å². The van der Waals surface area contributed by atoms with Crippen LogP contribution in [0.1, 0.15) is 38.2 Å². The fraction of sp³-hybridized carbons (Fsp3) is 0.636. The van der Waals surface area contributed by atoms with Crippen molar-refractivity contribution in [3.8, 4) is 0 Å². The largest absolute Gasteiger partial charge is 0.321 e. The monoisotopic (exact) mass is 229 g/mol. The Morgan fingerprint density at radius 2 is 2.43 bits per heavy atom. The van der Waals surface area contributed by atoms with Crippen molar-refractivity contribution < 1.29 is 0 Å². The topological polar surface area (TPSA) is 26.0 Å². The molecule has 0 radical (unpaired) electrons. The van der Waals surface area contributed by atoms with Gasteiger partial charge in [-0.1, -0.05) is 31.4 Å². The molecule has 1 heterocycles. The number of hydrogen-bond acceptors (Lipinski definition) is 2. The summed E-state index contributed by atoms with van der Waals surface area (Å²) in [5.41, 5.74) is 7.44. The van der Waals surface area contributed by atoms with Gasteiger partial charge in [-0.05, 0) is 30.2 Å². The molecule has 2 atom stereocenters. The SMILES string of the molecule is CC1CCCC(N)(c2ccsc2Cl)C1. The van der Waals surface area contributed by atoms with Gasteiger partial charge in [0.2, 0.25) is 0 Å². The zero-order valence-electron chi connectivity index (χ0n) is 8.42. The first-order chi connectivity index (χ1) is 6.62. The first kappa shape index (κ1) is 10.5. The minimum absolute atomic E-state index is 0.158. The molecule has 1 aromatic rings. The van der Waals surface area contributed by atoms with Crippen LogP contribution in [0.3, 0.4) is 0 Å². The van der Waals surface area contributed by atoms with Crippen LogP contribution in [0.5, 0.6) is 0 Å². The second kappa shape index (κ2) is 3.84. The van der Waals surface area contributed by atoms with E-state index in [0.717, 1.165) is 28.7 Å². The lowest BCUT2D eigenvalue weighted by atomic mass is 9.74. The molecule has 1 fully saturated rings. The quantitative estimate of drug-likeness (QED) is 0.780. The molecule has 78 valence electrons. The van der Waals surface area contributed by atoms with Crippen LogP contribution in [-0.4, -0.2) is 0 Å². The molecule has 1 aliphatic rings. The molecule has 1 saturated carbocycles. The summed E-state index contributed by atoms with van der Waals surface area (Å²) in [4.78, 5) is 0. The van der Waals surface area contributed by atoms with Gasteiger partial charge < -0.3 is 5.73 Å². The summed E-state index contributed by atoms with van der Waals surface area (Å²) >= 11 is 7.73. The lowest BCUT2D eigenvalue weighted by molar-refractivity contribution is 0.240. The molecule has 14 heavy (non-hydrogen) atoms. The van der Waals surface area contributed by atoms with Gasteiger partial charge in [-0.25, -0.2) is 0 Å². The minimum atomic E-state index is -0.158. The third kappa shape index (κ3) is 1.83. The van der Waals surface area contributed by atoms with Gasteiger partial charge in [0.1, 0.15) is 0 Å². The molecule has 0 amide bonds. The number of thiophene rings is 1. The summed E-state index contributed by atoms with van der Waals surface area (Å²) in [6.07, 6.45) is 4.68. The summed E-state index contributed by atoms with van der Waals surface area (Å²) in [6.45, 7) is 2.28. The van der Waals surface area contributed by atoms with Crippen LogP contribution in [0, 0.1) is 5.92 Å². The lowest BCUT2D eigenvalue weighted by Crippen LogP contribution is -2.40. The van der Waals surface area contributed by atoms with E-state index in [0.29, 0.717) is 0 Å². The summed E-state index contributed by atoms with van der Waals surface area (Å²) in [6, 6.07) is 2.09. The van der Waals surface area contributed by atoms with Crippen LogP contribution in [-0.2, 0) is 5.54 Å². The van der Waals surface area contributed by atoms with Crippen LogP contribution >= 0.6 is 22.9 Å². The van der Waals surface area contributed by atoms with Crippen molar-refractivity contribution in [1.29, 1.82) is 0 Å². The zero-order chi connectivity index (χ0) is 10.2. The van der Waals surface area contributed by atoms with Crippen molar-refractivity contribution in [2.24, 2.45) is 11.7 Å². The predicted octanol–water partition coefficient (Wildman–Crippen LogP) is 3.77. The fourth-order valence-corrected chi connectivity index (χ4v) is 3.62. The Labute approximate surface area is 94.3 Å². The molecule has 0 aromatic carbocycles. The Hall–Kier alpha value is -0.0500. The molecule has 1 aromatic heterocycles. The van der Waals surface area contributed by atoms with E-state index in [1.54, 1.807) is 11.3 Å². The molecule has 0 spiro atoms. The summed E-state index contributed by atoms with van der Waals surface area (Å²) < 4.78 is 0.876. The van der Waals surface area contributed by atoms with Crippen LogP contribution in [0.4, 0.5) is 0 Å². The van der Waals surface area contributed by atoms with E-state index in [9.17, 15) is 0 Å². The van der Waals surface area contributed by atoms with Crippen molar-refractivity contribution >= 4 is 22.9 Å². The molecular formula is C11H16ClNS. The van der Waals surface area contributed by atoms with Crippen LogP contribution in [0.15, 0.2) is 11.4 Å². The van der Waals surface area contributed by atoms with Crippen molar-refractivity contribution in [1.82, 2.24) is 0 Å². The minimum Gasteiger partial charge on any atom is -0.321 e. The molecule has 2 N–H and O–H groups in total. The molecule has 0 bridgehead atoms. The van der Waals surface area contributed by atoms with Gasteiger partial charge >= 0.3 is 0 Å². The maximum absolute atomic E-state index is 6.44. The van der Waals surface area contributed by atoms with Crippen LogP contribution in [0.25, 0.3) is 0 Å². The fourth-order valence-electron chi connectivity index (χ4n) is 2.49. The highest BCUT2D eigenvalue weighted by atomic mass is 35.5. The maximum atomic E-state index is 6.44. The second-order valence-corrected chi connectivity index (χ2v) is 5.98. The molecule has 1 aliphatic carbocycles. The summed E-state index contributed by atoms with van der Waals surface area (Å²) in [5, 5.41) is 2.03. The van der Waals surface area contributed by atoms with Gasteiger partial charge in [0.15, 0.2) is 0 Å². The van der Waals surface area contributed by atoms with Gasteiger partial charge in [0.05, 0.1) is 4.34 Å². The van der Waals surface area contributed by atoms with E-state index in [4.69, 9.17) is 17.3 Å². The molecule has 2 rings (SSSR count). The maximum Gasteiger partial charge on any atom is 0.0978 e. The third-order valence-corrected chi connectivity index (χ3v) is 4.36. The predicted molar refractivity (Wildman–Crippen MR) is 62.8 cm³/mol. The van der Waals surface area contributed by atoms with E-state index in [-0.39, 0.29) is 5.54 Å². The van der Waals surface area contributed by atoms with E-state index in [1.807, 2.05) is 5.38 Å². The van der Waals surface area contributed by atoms with Gasteiger partial charge in [-0.3, -0.25) is 0 Å².